The monoisotopic (exact) mass is 378 g/mol. The third kappa shape index (κ3) is 3.49. The topological polar surface area (TPSA) is 80.0 Å². The number of piperidine rings is 1. The Kier molecular flexibility index (Phi) is 5.09. The van der Waals surface area contributed by atoms with E-state index in [2.05, 4.69) is 26.8 Å². The lowest BCUT2D eigenvalue weighted by molar-refractivity contribution is 0.0824. The molecule has 1 aliphatic heterocycles. The van der Waals surface area contributed by atoms with E-state index in [0.29, 0.717) is 0 Å². The summed E-state index contributed by atoms with van der Waals surface area (Å²) in [7, 11) is 1.92. The molecule has 3 aromatic heterocycles. The van der Waals surface area contributed by atoms with Crippen molar-refractivity contribution >= 4 is 5.82 Å². The zero-order chi connectivity index (χ0) is 19.7. The molecule has 0 bridgehead atoms. The summed E-state index contributed by atoms with van der Waals surface area (Å²) >= 11 is 0. The van der Waals surface area contributed by atoms with Crippen LogP contribution in [0.15, 0.2) is 36.9 Å². The van der Waals surface area contributed by atoms with E-state index in [1.165, 1.54) is 0 Å². The molecule has 0 amide bonds. The Balaban J connectivity index is 1.53. The van der Waals surface area contributed by atoms with Gasteiger partial charge in [-0.05, 0) is 44.7 Å². The Bertz CT molecular complexity index is 947. The lowest BCUT2D eigenvalue weighted by Gasteiger charge is -2.35. The SMILES string of the molecule is Cc1nc(-c2ccncc2)nc(N2CCC(C(O)c3nccn3C)CC2)c1C. The molecular formula is C21H26N6O. The van der Waals surface area contributed by atoms with E-state index in [-0.39, 0.29) is 5.92 Å². The zero-order valence-electron chi connectivity index (χ0n) is 16.6. The van der Waals surface area contributed by atoms with Crippen LogP contribution in [0.5, 0.6) is 0 Å². The van der Waals surface area contributed by atoms with Crippen molar-refractivity contribution in [2.24, 2.45) is 13.0 Å². The van der Waals surface area contributed by atoms with Crippen LogP contribution in [-0.4, -0.2) is 42.7 Å². The van der Waals surface area contributed by atoms with Crippen molar-refractivity contribution in [2.45, 2.75) is 32.8 Å². The van der Waals surface area contributed by atoms with Gasteiger partial charge in [0, 0.05) is 61.7 Å². The maximum atomic E-state index is 10.7. The summed E-state index contributed by atoms with van der Waals surface area (Å²) in [6, 6.07) is 3.87. The maximum absolute atomic E-state index is 10.7. The normalized spacial score (nSPS) is 16.4. The molecule has 0 spiro atoms. The van der Waals surface area contributed by atoms with E-state index < -0.39 is 6.10 Å². The smallest absolute Gasteiger partial charge is 0.161 e. The van der Waals surface area contributed by atoms with E-state index in [1.807, 2.05) is 36.9 Å². The number of aliphatic hydroxyl groups excluding tert-OH is 1. The Labute approximate surface area is 165 Å². The molecule has 4 rings (SSSR count). The van der Waals surface area contributed by atoms with Crippen LogP contribution in [0.4, 0.5) is 5.82 Å². The third-order valence-corrected chi connectivity index (χ3v) is 5.71. The van der Waals surface area contributed by atoms with E-state index in [0.717, 1.165) is 60.2 Å². The molecular weight excluding hydrogens is 352 g/mol. The van der Waals surface area contributed by atoms with Gasteiger partial charge in [0.15, 0.2) is 5.82 Å². The first-order valence-corrected chi connectivity index (χ1v) is 9.70. The average molecular weight is 378 g/mol. The number of aromatic nitrogens is 5. The molecule has 3 aromatic rings. The summed E-state index contributed by atoms with van der Waals surface area (Å²) < 4.78 is 1.90. The van der Waals surface area contributed by atoms with Crippen molar-refractivity contribution in [1.29, 1.82) is 0 Å². The summed E-state index contributed by atoms with van der Waals surface area (Å²) in [4.78, 5) is 20.2. The average Bonchev–Trinajstić information content (AvgIpc) is 3.16. The fourth-order valence-corrected chi connectivity index (χ4v) is 3.85. The molecule has 1 unspecified atom stereocenters. The number of anilines is 1. The number of hydrogen-bond donors (Lipinski definition) is 1. The molecule has 1 saturated heterocycles. The van der Waals surface area contributed by atoms with Crippen LogP contribution in [-0.2, 0) is 7.05 Å². The van der Waals surface area contributed by atoms with Gasteiger partial charge in [0.1, 0.15) is 17.7 Å². The summed E-state index contributed by atoms with van der Waals surface area (Å²) in [5.74, 6) is 2.67. The highest BCUT2D eigenvalue weighted by Gasteiger charge is 2.29. The van der Waals surface area contributed by atoms with Gasteiger partial charge in [-0.2, -0.15) is 0 Å². The molecule has 28 heavy (non-hydrogen) atoms. The van der Waals surface area contributed by atoms with Crippen LogP contribution in [0.2, 0.25) is 0 Å². The van der Waals surface area contributed by atoms with Crippen LogP contribution < -0.4 is 4.90 Å². The second-order valence-corrected chi connectivity index (χ2v) is 7.48. The van der Waals surface area contributed by atoms with Gasteiger partial charge in [0.25, 0.3) is 0 Å². The first kappa shape index (κ1) is 18.6. The second-order valence-electron chi connectivity index (χ2n) is 7.48. The Morgan fingerprint density at radius 1 is 1.07 bits per heavy atom. The quantitative estimate of drug-likeness (QED) is 0.752. The molecule has 0 radical (unpaired) electrons. The van der Waals surface area contributed by atoms with Crippen LogP contribution >= 0.6 is 0 Å². The van der Waals surface area contributed by atoms with Gasteiger partial charge < -0.3 is 14.6 Å². The molecule has 4 heterocycles. The predicted octanol–water partition coefficient (Wildman–Crippen LogP) is 2.84. The summed E-state index contributed by atoms with van der Waals surface area (Å²) in [6.07, 6.45) is 8.42. The highest BCUT2D eigenvalue weighted by atomic mass is 16.3. The van der Waals surface area contributed by atoms with Crippen molar-refractivity contribution in [3.8, 4) is 11.4 Å². The van der Waals surface area contributed by atoms with Gasteiger partial charge >= 0.3 is 0 Å². The van der Waals surface area contributed by atoms with Gasteiger partial charge in [0.2, 0.25) is 0 Å². The summed E-state index contributed by atoms with van der Waals surface area (Å²) in [6.45, 7) is 5.83. The highest BCUT2D eigenvalue weighted by Crippen LogP contribution is 2.33. The van der Waals surface area contributed by atoms with Crippen LogP contribution in [0, 0.1) is 19.8 Å². The Morgan fingerprint density at radius 2 is 1.79 bits per heavy atom. The molecule has 1 aliphatic rings. The molecule has 7 heteroatoms. The highest BCUT2D eigenvalue weighted by molar-refractivity contribution is 5.60. The third-order valence-electron chi connectivity index (χ3n) is 5.71. The minimum absolute atomic E-state index is 0.209. The largest absolute Gasteiger partial charge is 0.385 e. The van der Waals surface area contributed by atoms with E-state index >= 15 is 0 Å². The minimum Gasteiger partial charge on any atom is -0.385 e. The van der Waals surface area contributed by atoms with E-state index in [4.69, 9.17) is 4.98 Å². The second kappa shape index (κ2) is 7.67. The van der Waals surface area contributed by atoms with Crippen LogP contribution in [0.1, 0.15) is 36.0 Å². The van der Waals surface area contributed by atoms with Crippen LogP contribution in [0.25, 0.3) is 11.4 Å². The molecule has 0 saturated carbocycles. The summed E-state index contributed by atoms with van der Waals surface area (Å²) in [5.41, 5.74) is 3.08. The molecule has 7 nitrogen and oxygen atoms in total. The summed E-state index contributed by atoms with van der Waals surface area (Å²) in [5, 5.41) is 10.7. The zero-order valence-corrected chi connectivity index (χ0v) is 16.6. The number of aryl methyl sites for hydroxylation is 2. The minimum atomic E-state index is -0.525. The molecule has 0 aliphatic carbocycles. The fraction of sp³-hybridized carbons (Fsp3) is 0.429. The maximum Gasteiger partial charge on any atom is 0.161 e. The first-order valence-electron chi connectivity index (χ1n) is 9.70. The van der Waals surface area contributed by atoms with Gasteiger partial charge in [-0.25, -0.2) is 15.0 Å². The number of hydrogen-bond acceptors (Lipinski definition) is 6. The van der Waals surface area contributed by atoms with Crippen molar-refractivity contribution < 1.29 is 5.11 Å². The lowest BCUT2D eigenvalue weighted by Crippen LogP contribution is -2.37. The van der Waals surface area contributed by atoms with Crippen molar-refractivity contribution in [3.05, 3.63) is 54.0 Å². The van der Waals surface area contributed by atoms with E-state index in [9.17, 15) is 5.11 Å². The van der Waals surface area contributed by atoms with Gasteiger partial charge in [0.05, 0.1) is 0 Å². The Hall–Kier alpha value is -2.80. The van der Waals surface area contributed by atoms with Crippen molar-refractivity contribution in [2.75, 3.05) is 18.0 Å². The Morgan fingerprint density at radius 3 is 2.43 bits per heavy atom. The number of imidazole rings is 1. The first-order chi connectivity index (χ1) is 13.5. The molecule has 1 fully saturated rings. The lowest BCUT2D eigenvalue weighted by atomic mass is 9.90. The standard InChI is InChI=1S/C21H26N6O/c1-14-15(2)24-19(17-4-8-22-9-5-17)25-20(14)27-11-6-16(7-12-27)18(28)21-23-10-13-26(21)3/h4-5,8-10,13,16,18,28H,6-7,11-12H2,1-3H3. The van der Waals surface area contributed by atoms with Gasteiger partial charge in [-0.1, -0.05) is 0 Å². The van der Waals surface area contributed by atoms with Gasteiger partial charge in [-0.15, -0.1) is 0 Å². The molecule has 146 valence electrons. The number of nitrogens with zero attached hydrogens (tertiary/aromatic N) is 6. The van der Waals surface area contributed by atoms with Crippen molar-refractivity contribution in [1.82, 2.24) is 24.5 Å². The number of rotatable bonds is 4. The molecule has 1 atom stereocenters. The van der Waals surface area contributed by atoms with Gasteiger partial charge in [-0.3, -0.25) is 4.98 Å². The molecule has 0 aromatic carbocycles. The van der Waals surface area contributed by atoms with Crippen LogP contribution in [0.3, 0.4) is 0 Å². The van der Waals surface area contributed by atoms with Crippen molar-refractivity contribution in [3.63, 3.8) is 0 Å². The predicted molar refractivity (Wildman–Crippen MR) is 108 cm³/mol. The fourth-order valence-electron chi connectivity index (χ4n) is 3.85. The molecule has 1 N–H and O–H groups in total. The number of pyridine rings is 1. The van der Waals surface area contributed by atoms with E-state index in [1.54, 1.807) is 18.6 Å². The number of aliphatic hydroxyl groups is 1.